The zero-order valence-electron chi connectivity index (χ0n) is 24.0. The van der Waals surface area contributed by atoms with Gasteiger partial charge in [-0.25, -0.2) is 0 Å². The van der Waals surface area contributed by atoms with Crippen LogP contribution in [0.5, 0.6) is 0 Å². The number of aliphatic hydroxyl groups is 2. The summed E-state index contributed by atoms with van der Waals surface area (Å²) < 4.78 is 0. The molecule has 4 saturated carbocycles. The molecule has 3 heteroatoms. The van der Waals surface area contributed by atoms with Crippen molar-refractivity contribution in [2.45, 2.75) is 138 Å². The molecule has 0 aliphatic heterocycles. The van der Waals surface area contributed by atoms with Crippen LogP contribution in [0.1, 0.15) is 126 Å². The Hall–Kier alpha value is -0.410. The average Bonchev–Trinajstić information content (AvgIpc) is 3.11. The van der Waals surface area contributed by atoms with Crippen LogP contribution in [0.3, 0.4) is 0 Å². The fraction of sp³-hybridized carbons (Fsp3) is 0.969. The quantitative estimate of drug-likeness (QED) is 0.392. The molecule has 0 heterocycles. The first-order valence-electron chi connectivity index (χ1n) is 15.2. The molecule has 0 bridgehead atoms. The van der Waals surface area contributed by atoms with Crippen LogP contribution in [0, 0.1) is 57.7 Å². The molecule has 2 N–H and O–H groups in total. The Bertz CT molecular complexity index is 754. The van der Waals surface area contributed by atoms with E-state index in [1.54, 1.807) is 0 Å². The molecule has 4 rings (SSSR count). The molecule has 0 aromatic carbocycles. The van der Waals surface area contributed by atoms with Crippen LogP contribution in [-0.2, 0) is 4.79 Å². The molecule has 0 aromatic rings. The van der Waals surface area contributed by atoms with E-state index in [9.17, 15) is 15.0 Å². The Morgan fingerprint density at radius 1 is 0.971 bits per heavy atom. The van der Waals surface area contributed by atoms with Gasteiger partial charge in [-0.1, -0.05) is 61.3 Å². The van der Waals surface area contributed by atoms with Gasteiger partial charge in [0.05, 0.1) is 12.2 Å². The molecule has 0 unspecified atom stereocenters. The van der Waals surface area contributed by atoms with Gasteiger partial charge < -0.3 is 10.2 Å². The molecule has 0 radical (unpaired) electrons. The Morgan fingerprint density at radius 3 is 2.29 bits per heavy atom. The molecule has 0 amide bonds. The van der Waals surface area contributed by atoms with E-state index < -0.39 is 0 Å². The topological polar surface area (TPSA) is 57.5 Å². The van der Waals surface area contributed by atoms with E-state index in [0.717, 1.165) is 50.9 Å². The minimum atomic E-state index is -0.206. The molecule has 4 aliphatic carbocycles. The van der Waals surface area contributed by atoms with Gasteiger partial charge in [-0.2, -0.15) is 0 Å². The summed E-state index contributed by atoms with van der Waals surface area (Å²) in [5, 5.41) is 22.4. The summed E-state index contributed by atoms with van der Waals surface area (Å²) >= 11 is 0. The van der Waals surface area contributed by atoms with Crippen LogP contribution < -0.4 is 0 Å². The third-order valence-electron chi connectivity index (χ3n) is 12.0. The van der Waals surface area contributed by atoms with Crippen LogP contribution >= 0.6 is 0 Å². The van der Waals surface area contributed by atoms with Crippen LogP contribution in [0.25, 0.3) is 0 Å². The molecular formula is C32H56O3. The largest absolute Gasteiger partial charge is 0.393 e. The lowest BCUT2D eigenvalue weighted by Gasteiger charge is -2.64. The number of rotatable bonds is 7. The Labute approximate surface area is 216 Å². The summed E-state index contributed by atoms with van der Waals surface area (Å²) in [6.45, 7) is 16.3. The molecule has 35 heavy (non-hydrogen) atoms. The van der Waals surface area contributed by atoms with Crippen molar-refractivity contribution in [2.75, 3.05) is 0 Å². The second-order valence-electron chi connectivity index (χ2n) is 15.3. The van der Waals surface area contributed by atoms with Crippen LogP contribution in [0.4, 0.5) is 0 Å². The standard InChI is InChI=1S/C32H56O3/c1-8-23-27-18-21(33)14-16-32(27,7)26-15-17-31(6)24(12-13-25(31)28(26)29(23)35)20(2)10-9-11-22(34)19-30(3,4)5/h20-21,23-29,33,35H,8-19H2,1-7H3/t20-,21-,23-,24-,25+,26+,27+,28+,29-,31-,32-/m1/s1. The highest BCUT2D eigenvalue weighted by atomic mass is 16.3. The molecule has 11 atom stereocenters. The predicted octanol–water partition coefficient (Wildman–Crippen LogP) is 7.42. The van der Waals surface area contributed by atoms with Gasteiger partial charge in [0, 0.05) is 12.8 Å². The molecule has 0 aromatic heterocycles. The van der Waals surface area contributed by atoms with E-state index in [2.05, 4.69) is 48.5 Å². The maximum atomic E-state index is 12.4. The van der Waals surface area contributed by atoms with Crippen molar-refractivity contribution in [3.63, 3.8) is 0 Å². The summed E-state index contributed by atoms with van der Waals surface area (Å²) in [6, 6.07) is 0. The number of ketones is 1. The minimum absolute atomic E-state index is 0.0940. The first-order chi connectivity index (χ1) is 16.3. The van der Waals surface area contributed by atoms with Crippen molar-refractivity contribution in [1.82, 2.24) is 0 Å². The van der Waals surface area contributed by atoms with Gasteiger partial charge >= 0.3 is 0 Å². The van der Waals surface area contributed by atoms with Crippen molar-refractivity contribution in [1.29, 1.82) is 0 Å². The zero-order chi connectivity index (χ0) is 25.8. The normalized spacial score (nSPS) is 46.4. The lowest BCUT2D eigenvalue weighted by Crippen LogP contribution is -2.62. The number of Topliss-reactive ketones (excluding diaryl/α,β-unsaturated/α-hetero) is 1. The maximum absolute atomic E-state index is 12.4. The van der Waals surface area contributed by atoms with Gasteiger partial charge in [0.1, 0.15) is 5.78 Å². The number of hydrogen-bond acceptors (Lipinski definition) is 3. The van der Waals surface area contributed by atoms with E-state index in [1.807, 2.05) is 0 Å². The third-order valence-corrected chi connectivity index (χ3v) is 12.0. The van der Waals surface area contributed by atoms with Crippen LogP contribution in [0.2, 0.25) is 0 Å². The fourth-order valence-corrected chi connectivity index (χ4v) is 10.4. The van der Waals surface area contributed by atoms with Crippen molar-refractivity contribution in [3.05, 3.63) is 0 Å². The lowest BCUT2D eigenvalue weighted by molar-refractivity contribution is -0.203. The van der Waals surface area contributed by atoms with Gasteiger partial charge in [-0.3, -0.25) is 4.79 Å². The monoisotopic (exact) mass is 488 g/mol. The Morgan fingerprint density at radius 2 is 1.63 bits per heavy atom. The summed E-state index contributed by atoms with van der Waals surface area (Å²) in [7, 11) is 0. The average molecular weight is 489 g/mol. The van der Waals surface area contributed by atoms with Gasteiger partial charge in [0.25, 0.3) is 0 Å². The molecule has 4 fully saturated rings. The minimum Gasteiger partial charge on any atom is -0.393 e. The zero-order valence-corrected chi connectivity index (χ0v) is 24.0. The van der Waals surface area contributed by atoms with E-state index in [4.69, 9.17) is 0 Å². The van der Waals surface area contributed by atoms with Crippen molar-refractivity contribution in [2.24, 2.45) is 57.7 Å². The SMILES string of the molecule is CC[C@H]1[C@@H](O)[C@@H]2[C@H](CC[C@]3(C)[C@@H]([C@H](C)CCCC(=O)CC(C)(C)C)CC[C@@H]23)[C@@]2(C)CC[C@@H](O)C[C@@H]12. The molecule has 0 saturated heterocycles. The number of fused-ring (bicyclic) bond motifs is 5. The molecule has 4 aliphatic rings. The molecular weight excluding hydrogens is 432 g/mol. The summed E-state index contributed by atoms with van der Waals surface area (Å²) in [6.07, 6.45) is 12.4. The van der Waals surface area contributed by atoms with Crippen LogP contribution in [-0.4, -0.2) is 28.2 Å². The first kappa shape index (κ1) is 27.6. The highest BCUT2D eigenvalue weighted by Gasteiger charge is 2.64. The van der Waals surface area contributed by atoms with Crippen molar-refractivity contribution < 1.29 is 15.0 Å². The van der Waals surface area contributed by atoms with E-state index >= 15 is 0 Å². The van der Waals surface area contributed by atoms with Gasteiger partial charge in [0.2, 0.25) is 0 Å². The highest BCUT2D eigenvalue weighted by Crippen LogP contribution is 2.69. The lowest BCUT2D eigenvalue weighted by atomic mass is 9.41. The summed E-state index contributed by atoms with van der Waals surface area (Å²) in [5.41, 5.74) is 0.700. The van der Waals surface area contributed by atoms with Gasteiger partial charge in [-0.15, -0.1) is 0 Å². The number of aliphatic hydroxyl groups excluding tert-OH is 2. The summed E-state index contributed by atoms with van der Waals surface area (Å²) in [5.74, 6) is 4.28. The van der Waals surface area contributed by atoms with E-state index in [1.165, 1.54) is 25.7 Å². The maximum Gasteiger partial charge on any atom is 0.133 e. The van der Waals surface area contributed by atoms with Crippen molar-refractivity contribution in [3.8, 4) is 0 Å². The number of carbonyl (C=O) groups is 1. The van der Waals surface area contributed by atoms with Gasteiger partial charge in [-0.05, 0) is 109 Å². The Balaban J connectivity index is 1.46. The molecule has 202 valence electrons. The smallest absolute Gasteiger partial charge is 0.133 e. The number of hydrogen-bond donors (Lipinski definition) is 2. The third kappa shape index (κ3) is 5.04. The van der Waals surface area contributed by atoms with Crippen molar-refractivity contribution >= 4 is 5.78 Å². The van der Waals surface area contributed by atoms with Gasteiger partial charge in [0.15, 0.2) is 0 Å². The predicted molar refractivity (Wildman–Crippen MR) is 144 cm³/mol. The second kappa shape index (κ2) is 10.0. The Kier molecular flexibility index (Phi) is 7.93. The van der Waals surface area contributed by atoms with Crippen LogP contribution in [0.15, 0.2) is 0 Å². The molecule has 3 nitrogen and oxygen atoms in total. The van der Waals surface area contributed by atoms with E-state index in [-0.39, 0.29) is 23.0 Å². The second-order valence-corrected chi connectivity index (χ2v) is 15.3. The first-order valence-corrected chi connectivity index (χ1v) is 15.2. The van der Waals surface area contributed by atoms with E-state index in [0.29, 0.717) is 53.1 Å². The summed E-state index contributed by atoms with van der Waals surface area (Å²) in [4.78, 5) is 12.4. The highest BCUT2D eigenvalue weighted by molar-refractivity contribution is 5.78. The fourth-order valence-electron chi connectivity index (χ4n) is 10.4. The number of carbonyl (C=O) groups excluding carboxylic acids is 1. The molecule has 0 spiro atoms.